The summed E-state index contributed by atoms with van der Waals surface area (Å²) < 4.78 is 6.39. The minimum absolute atomic E-state index is 0.155. The van der Waals surface area contributed by atoms with E-state index in [0.29, 0.717) is 5.75 Å². The van der Waals surface area contributed by atoms with E-state index in [1.807, 2.05) is 24.3 Å². The standard InChI is InChI=1S/C19H17BrN2O4/c20-13-5-1-3-11(7-13)15-9-16(15)19(25)26-14-6-2-4-12(8-14)18(24)22-10-17(21)23/h1-8,15-16H,9-10H2,(H2,21,23)(H,22,24). The lowest BCUT2D eigenvalue weighted by Crippen LogP contribution is -2.33. The first-order chi connectivity index (χ1) is 12.4. The lowest BCUT2D eigenvalue weighted by molar-refractivity contribution is -0.135. The summed E-state index contributed by atoms with van der Waals surface area (Å²) in [5.74, 6) is -1.14. The number of primary amides is 1. The highest BCUT2D eigenvalue weighted by Gasteiger charge is 2.45. The maximum absolute atomic E-state index is 12.3. The van der Waals surface area contributed by atoms with Crippen molar-refractivity contribution in [1.82, 2.24) is 5.32 Å². The molecule has 2 aromatic rings. The number of nitrogens with one attached hydrogen (secondary N) is 1. The molecule has 1 fully saturated rings. The number of ether oxygens (including phenoxy) is 1. The number of esters is 1. The van der Waals surface area contributed by atoms with Crippen molar-refractivity contribution in [3.8, 4) is 5.75 Å². The number of amides is 2. The number of halogens is 1. The van der Waals surface area contributed by atoms with Gasteiger partial charge in [-0.1, -0.05) is 34.1 Å². The van der Waals surface area contributed by atoms with Crippen LogP contribution in [0.15, 0.2) is 53.0 Å². The van der Waals surface area contributed by atoms with Crippen LogP contribution in [0.4, 0.5) is 0 Å². The molecule has 0 saturated heterocycles. The molecule has 1 aliphatic carbocycles. The van der Waals surface area contributed by atoms with Crippen molar-refractivity contribution in [3.05, 3.63) is 64.1 Å². The summed E-state index contributed by atoms with van der Waals surface area (Å²) in [6.45, 7) is -0.251. The van der Waals surface area contributed by atoms with Gasteiger partial charge < -0.3 is 15.8 Å². The van der Waals surface area contributed by atoms with Gasteiger partial charge in [0.2, 0.25) is 5.91 Å². The van der Waals surface area contributed by atoms with Gasteiger partial charge >= 0.3 is 5.97 Å². The van der Waals surface area contributed by atoms with Gasteiger partial charge in [-0.25, -0.2) is 0 Å². The highest BCUT2D eigenvalue weighted by molar-refractivity contribution is 9.10. The summed E-state index contributed by atoms with van der Waals surface area (Å²) in [5, 5.41) is 2.39. The zero-order valence-corrected chi connectivity index (χ0v) is 15.4. The summed E-state index contributed by atoms with van der Waals surface area (Å²) in [6, 6.07) is 14.1. The number of carbonyl (C=O) groups excluding carboxylic acids is 3. The summed E-state index contributed by atoms with van der Waals surface area (Å²) in [7, 11) is 0. The van der Waals surface area contributed by atoms with Crippen LogP contribution in [0.3, 0.4) is 0 Å². The Kier molecular flexibility index (Phi) is 5.37. The fraction of sp³-hybridized carbons (Fsp3) is 0.211. The van der Waals surface area contributed by atoms with Crippen molar-refractivity contribution in [2.75, 3.05) is 6.54 Å². The molecular formula is C19H17BrN2O4. The first kappa shape index (κ1) is 18.1. The largest absolute Gasteiger partial charge is 0.426 e. The highest BCUT2D eigenvalue weighted by atomic mass is 79.9. The molecule has 2 unspecified atom stereocenters. The van der Waals surface area contributed by atoms with E-state index < -0.39 is 11.8 Å². The van der Waals surface area contributed by atoms with Gasteiger partial charge in [0, 0.05) is 10.0 Å². The summed E-state index contributed by atoms with van der Waals surface area (Å²) >= 11 is 3.43. The molecule has 1 aliphatic rings. The molecule has 0 heterocycles. The van der Waals surface area contributed by atoms with Crippen molar-refractivity contribution in [3.63, 3.8) is 0 Å². The Bertz CT molecular complexity index is 868. The van der Waals surface area contributed by atoms with Gasteiger partial charge in [-0.05, 0) is 48.2 Å². The minimum atomic E-state index is -0.631. The Morgan fingerprint density at radius 3 is 2.65 bits per heavy atom. The van der Waals surface area contributed by atoms with Gasteiger partial charge in [0.05, 0.1) is 12.5 Å². The quantitative estimate of drug-likeness (QED) is 0.557. The lowest BCUT2D eigenvalue weighted by Gasteiger charge is -2.07. The molecule has 3 N–H and O–H groups in total. The summed E-state index contributed by atoms with van der Waals surface area (Å²) in [4.78, 5) is 35.0. The van der Waals surface area contributed by atoms with E-state index in [2.05, 4.69) is 21.2 Å². The molecule has 26 heavy (non-hydrogen) atoms. The first-order valence-corrected chi connectivity index (χ1v) is 8.87. The van der Waals surface area contributed by atoms with Crippen LogP contribution in [0.2, 0.25) is 0 Å². The van der Waals surface area contributed by atoms with E-state index in [1.54, 1.807) is 18.2 Å². The molecule has 0 aromatic heterocycles. The fourth-order valence-corrected chi connectivity index (χ4v) is 3.14. The zero-order valence-electron chi connectivity index (χ0n) is 13.8. The van der Waals surface area contributed by atoms with Crippen LogP contribution in [0.25, 0.3) is 0 Å². The van der Waals surface area contributed by atoms with Gasteiger partial charge in [-0.2, -0.15) is 0 Å². The van der Waals surface area contributed by atoms with Crippen LogP contribution in [0, 0.1) is 5.92 Å². The van der Waals surface area contributed by atoms with Crippen LogP contribution in [0.5, 0.6) is 5.75 Å². The maximum Gasteiger partial charge on any atom is 0.314 e. The maximum atomic E-state index is 12.3. The predicted octanol–water partition coefficient (Wildman–Crippen LogP) is 2.37. The molecule has 7 heteroatoms. The second-order valence-corrected chi connectivity index (χ2v) is 7.02. The average molecular weight is 417 g/mol. The van der Waals surface area contributed by atoms with E-state index in [9.17, 15) is 14.4 Å². The first-order valence-electron chi connectivity index (χ1n) is 8.08. The second kappa shape index (κ2) is 7.70. The van der Waals surface area contributed by atoms with Crippen molar-refractivity contribution in [2.45, 2.75) is 12.3 Å². The van der Waals surface area contributed by atoms with Crippen molar-refractivity contribution >= 4 is 33.7 Å². The van der Waals surface area contributed by atoms with Crippen LogP contribution in [0.1, 0.15) is 28.3 Å². The molecule has 0 spiro atoms. The van der Waals surface area contributed by atoms with Crippen LogP contribution in [-0.2, 0) is 9.59 Å². The van der Waals surface area contributed by atoms with Gasteiger partial charge in [-0.15, -0.1) is 0 Å². The molecule has 6 nitrogen and oxygen atoms in total. The van der Waals surface area contributed by atoms with Gasteiger partial charge in [0.1, 0.15) is 5.75 Å². The Morgan fingerprint density at radius 2 is 1.92 bits per heavy atom. The van der Waals surface area contributed by atoms with Crippen molar-refractivity contribution in [1.29, 1.82) is 0 Å². The third-order valence-corrected chi connectivity index (χ3v) is 4.60. The third-order valence-electron chi connectivity index (χ3n) is 4.11. The average Bonchev–Trinajstić information content (AvgIpc) is 3.41. The number of carbonyl (C=O) groups is 3. The zero-order chi connectivity index (χ0) is 18.7. The lowest BCUT2D eigenvalue weighted by atomic mass is 10.1. The van der Waals surface area contributed by atoms with Gasteiger partial charge in [0.15, 0.2) is 0 Å². The second-order valence-electron chi connectivity index (χ2n) is 6.10. The number of nitrogens with two attached hydrogens (primary N) is 1. The fourth-order valence-electron chi connectivity index (χ4n) is 2.72. The van der Waals surface area contributed by atoms with Crippen LogP contribution >= 0.6 is 15.9 Å². The van der Waals surface area contributed by atoms with Crippen LogP contribution < -0.4 is 15.8 Å². The highest BCUT2D eigenvalue weighted by Crippen LogP contribution is 2.48. The molecule has 2 atom stereocenters. The molecule has 2 amide bonds. The molecular weight excluding hydrogens is 400 g/mol. The monoisotopic (exact) mass is 416 g/mol. The summed E-state index contributed by atoms with van der Waals surface area (Å²) in [6.07, 6.45) is 0.744. The molecule has 134 valence electrons. The number of hydrogen-bond donors (Lipinski definition) is 2. The number of benzene rings is 2. The molecule has 0 aliphatic heterocycles. The van der Waals surface area contributed by atoms with Crippen LogP contribution in [-0.4, -0.2) is 24.3 Å². The molecule has 1 saturated carbocycles. The number of rotatable bonds is 6. The Labute approximate surface area is 158 Å². The minimum Gasteiger partial charge on any atom is -0.426 e. The predicted molar refractivity (Wildman–Crippen MR) is 98.6 cm³/mol. The molecule has 0 bridgehead atoms. The van der Waals surface area contributed by atoms with Crippen molar-refractivity contribution < 1.29 is 19.1 Å². The Hall–Kier alpha value is -2.67. The SMILES string of the molecule is NC(=O)CNC(=O)c1cccc(OC(=O)C2CC2c2cccc(Br)c2)c1. The van der Waals surface area contributed by atoms with Crippen molar-refractivity contribution in [2.24, 2.45) is 11.7 Å². The van der Waals surface area contributed by atoms with E-state index in [4.69, 9.17) is 10.5 Å². The third kappa shape index (κ3) is 4.49. The molecule has 0 radical (unpaired) electrons. The Morgan fingerprint density at radius 1 is 1.15 bits per heavy atom. The van der Waals surface area contributed by atoms with E-state index >= 15 is 0 Å². The van der Waals surface area contributed by atoms with E-state index in [1.165, 1.54) is 6.07 Å². The van der Waals surface area contributed by atoms with Gasteiger partial charge in [-0.3, -0.25) is 14.4 Å². The Balaban J connectivity index is 1.61. The van der Waals surface area contributed by atoms with E-state index in [-0.39, 0.29) is 29.9 Å². The molecule has 2 aromatic carbocycles. The smallest absolute Gasteiger partial charge is 0.314 e. The normalized spacial score (nSPS) is 18.0. The molecule has 3 rings (SSSR count). The number of hydrogen-bond acceptors (Lipinski definition) is 4. The van der Waals surface area contributed by atoms with Gasteiger partial charge in [0.25, 0.3) is 5.91 Å². The van der Waals surface area contributed by atoms with E-state index in [0.717, 1.165) is 16.5 Å². The topological polar surface area (TPSA) is 98.5 Å². The summed E-state index contributed by atoms with van der Waals surface area (Å²) in [5.41, 5.74) is 6.39.